The Morgan fingerprint density at radius 3 is 2.96 bits per heavy atom. The molecule has 0 saturated carbocycles. The number of aromatic nitrogens is 1. The number of fused-ring (bicyclic) bond motifs is 1. The molecule has 1 atom stereocenters. The van der Waals surface area contributed by atoms with Gasteiger partial charge in [0.05, 0.1) is 29.4 Å². The van der Waals surface area contributed by atoms with Crippen molar-refractivity contribution < 1.29 is 14.7 Å². The van der Waals surface area contributed by atoms with E-state index in [0.717, 1.165) is 6.42 Å². The van der Waals surface area contributed by atoms with Crippen molar-refractivity contribution in [3.8, 4) is 11.8 Å². The van der Waals surface area contributed by atoms with E-state index in [1.165, 1.54) is 4.90 Å². The lowest BCUT2D eigenvalue weighted by atomic mass is 10.1. The summed E-state index contributed by atoms with van der Waals surface area (Å²) in [6, 6.07) is 8.67. The van der Waals surface area contributed by atoms with Gasteiger partial charge in [-0.15, -0.1) is 0 Å². The number of carbonyl (C=O) groups excluding carboxylic acids is 2. The summed E-state index contributed by atoms with van der Waals surface area (Å²) >= 11 is 0. The van der Waals surface area contributed by atoms with Gasteiger partial charge in [0, 0.05) is 11.9 Å². The Morgan fingerprint density at radius 1 is 1.44 bits per heavy atom. The highest BCUT2D eigenvalue weighted by Crippen LogP contribution is 2.28. The third-order valence-electron chi connectivity index (χ3n) is 4.39. The van der Waals surface area contributed by atoms with Crippen LogP contribution in [0.25, 0.3) is 10.9 Å². The van der Waals surface area contributed by atoms with Crippen molar-refractivity contribution in [3.63, 3.8) is 0 Å². The topological polar surface area (TPSA) is 106 Å². The molecule has 3 rings (SSSR count). The number of pyridine rings is 1. The fourth-order valence-corrected chi connectivity index (χ4v) is 3.10. The summed E-state index contributed by atoms with van der Waals surface area (Å²) in [5.74, 6) is -1.04. The molecular weight excluding hydrogens is 320 g/mol. The molecule has 1 saturated heterocycles. The van der Waals surface area contributed by atoms with Gasteiger partial charge in [0.1, 0.15) is 11.8 Å². The Bertz CT molecular complexity index is 888. The molecular formula is C18H18N4O3. The van der Waals surface area contributed by atoms with Gasteiger partial charge < -0.3 is 15.3 Å². The lowest BCUT2D eigenvalue weighted by molar-refractivity contribution is -0.130. The summed E-state index contributed by atoms with van der Waals surface area (Å²) in [6.07, 6.45) is 1.44. The van der Waals surface area contributed by atoms with Crippen LogP contribution in [0.2, 0.25) is 0 Å². The molecule has 0 spiro atoms. The van der Waals surface area contributed by atoms with Crippen molar-refractivity contribution >= 4 is 22.7 Å². The number of nitrogens with one attached hydrogen (secondary N) is 1. The molecule has 7 nitrogen and oxygen atoms in total. The minimum absolute atomic E-state index is 0.106. The largest absolute Gasteiger partial charge is 0.505 e. The molecule has 0 bridgehead atoms. The molecule has 25 heavy (non-hydrogen) atoms. The van der Waals surface area contributed by atoms with Gasteiger partial charge in [0.15, 0.2) is 0 Å². The van der Waals surface area contributed by atoms with Crippen LogP contribution in [0, 0.1) is 18.3 Å². The number of para-hydroxylation sites is 1. The number of benzene rings is 1. The second-order valence-electron chi connectivity index (χ2n) is 5.99. The molecule has 128 valence electrons. The quantitative estimate of drug-likeness (QED) is 0.882. The molecule has 1 aromatic carbocycles. The molecule has 0 aliphatic carbocycles. The number of nitriles is 1. The summed E-state index contributed by atoms with van der Waals surface area (Å²) < 4.78 is 0. The van der Waals surface area contributed by atoms with Crippen molar-refractivity contribution in [1.82, 2.24) is 15.2 Å². The molecule has 2 N–H and O–H groups in total. The average Bonchev–Trinajstić information content (AvgIpc) is 3.09. The highest BCUT2D eigenvalue weighted by Gasteiger charge is 2.29. The van der Waals surface area contributed by atoms with Crippen molar-refractivity contribution in [2.75, 3.05) is 13.1 Å². The van der Waals surface area contributed by atoms with Crippen molar-refractivity contribution in [2.24, 2.45) is 0 Å². The molecule has 2 heterocycles. The standard InChI is InChI=1S/C18H18N4O3/c1-11-17(24)16(13-6-2-3-7-14(13)21-11)18(25)20-10-15(23)22-8-4-5-12(22)9-19/h2-3,6-7,12,24H,4-5,8,10H2,1H3,(H,20,25). The Balaban J connectivity index is 1.80. The van der Waals surface area contributed by atoms with E-state index in [1.54, 1.807) is 31.2 Å². The van der Waals surface area contributed by atoms with Crippen molar-refractivity contribution in [3.05, 3.63) is 35.5 Å². The number of carbonyl (C=O) groups is 2. The Hall–Kier alpha value is -3.14. The third-order valence-corrected chi connectivity index (χ3v) is 4.39. The average molecular weight is 338 g/mol. The summed E-state index contributed by atoms with van der Waals surface area (Å²) in [5.41, 5.74) is 1.05. The molecule has 1 unspecified atom stereocenters. The molecule has 0 radical (unpaired) electrons. The van der Waals surface area contributed by atoms with Crippen LogP contribution in [0.5, 0.6) is 5.75 Å². The van der Waals surface area contributed by atoms with Crippen LogP contribution in [-0.4, -0.2) is 45.9 Å². The molecule has 7 heteroatoms. The highest BCUT2D eigenvalue weighted by atomic mass is 16.3. The van der Waals surface area contributed by atoms with Gasteiger partial charge in [-0.25, -0.2) is 4.98 Å². The number of nitrogens with zero attached hydrogens (tertiary/aromatic N) is 3. The minimum atomic E-state index is -0.541. The zero-order valence-corrected chi connectivity index (χ0v) is 13.8. The zero-order valence-electron chi connectivity index (χ0n) is 13.8. The molecule has 1 aliphatic rings. The number of likely N-dealkylation sites (tertiary alicyclic amines) is 1. The van der Waals surface area contributed by atoms with E-state index in [1.807, 2.05) is 0 Å². The fourth-order valence-electron chi connectivity index (χ4n) is 3.10. The summed E-state index contributed by atoms with van der Waals surface area (Å²) in [6.45, 7) is 1.92. The van der Waals surface area contributed by atoms with E-state index in [0.29, 0.717) is 29.6 Å². The van der Waals surface area contributed by atoms with E-state index < -0.39 is 11.9 Å². The van der Waals surface area contributed by atoms with Crippen LogP contribution in [0.15, 0.2) is 24.3 Å². The smallest absolute Gasteiger partial charge is 0.256 e. The Morgan fingerprint density at radius 2 is 2.20 bits per heavy atom. The van der Waals surface area contributed by atoms with E-state index >= 15 is 0 Å². The van der Waals surface area contributed by atoms with Crippen LogP contribution in [-0.2, 0) is 4.79 Å². The molecule has 1 aromatic heterocycles. The van der Waals surface area contributed by atoms with E-state index in [4.69, 9.17) is 5.26 Å². The molecule has 1 fully saturated rings. The number of hydrogen-bond acceptors (Lipinski definition) is 5. The fraction of sp³-hybridized carbons (Fsp3) is 0.333. The van der Waals surface area contributed by atoms with Crippen molar-refractivity contribution in [2.45, 2.75) is 25.8 Å². The number of amides is 2. The van der Waals surface area contributed by atoms with Gasteiger partial charge in [-0.2, -0.15) is 5.26 Å². The summed E-state index contributed by atoms with van der Waals surface area (Å²) in [7, 11) is 0. The van der Waals surface area contributed by atoms with Crippen LogP contribution < -0.4 is 5.32 Å². The van der Waals surface area contributed by atoms with Crippen LogP contribution in [0.1, 0.15) is 28.9 Å². The highest BCUT2D eigenvalue weighted by molar-refractivity contribution is 6.09. The Kier molecular flexibility index (Phi) is 4.52. The number of aryl methyl sites for hydroxylation is 1. The van der Waals surface area contributed by atoms with Crippen molar-refractivity contribution in [1.29, 1.82) is 5.26 Å². The van der Waals surface area contributed by atoms with Gasteiger partial charge in [0.2, 0.25) is 5.91 Å². The first-order valence-corrected chi connectivity index (χ1v) is 8.08. The third kappa shape index (κ3) is 3.11. The van der Waals surface area contributed by atoms with Gasteiger partial charge in [-0.1, -0.05) is 18.2 Å². The molecule has 1 aliphatic heterocycles. The van der Waals surface area contributed by atoms with Gasteiger partial charge in [0.25, 0.3) is 5.91 Å². The summed E-state index contributed by atoms with van der Waals surface area (Å²) in [4.78, 5) is 30.6. The zero-order chi connectivity index (χ0) is 18.0. The predicted octanol–water partition coefficient (Wildman–Crippen LogP) is 1.49. The molecule has 2 amide bonds. The first kappa shape index (κ1) is 16.7. The lowest BCUT2D eigenvalue weighted by Crippen LogP contribution is -2.42. The number of hydrogen-bond donors (Lipinski definition) is 2. The number of rotatable bonds is 3. The maximum atomic E-state index is 12.6. The first-order chi connectivity index (χ1) is 12.0. The Labute approximate surface area is 144 Å². The monoisotopic (exact) mass is 338 g/mol. The van der Waals surface area contributed by atoms with Crippen LogP contribution in [0.3, 0.4) is 0 Å². The maximum absolute atomic E-state index is 12.6. The second kappa shape index (κ2) is 6.77. The van der Waals surface area contributed by atoms with Crippen LogP contribution in [0.4, 0.5) is 0 Å². The van der Waals surface area contributed by atoms with E-state index in [2.05, 4.69) is 16.4 Å². The first-order valence-electron chi connectivity index (χ1n) is 8.08. The minimum Gasteiger partial charge on any atom is -0.505 e. The van der Waals surface area contributed by atoms with Crippen LogP contribution >= 0.6 is 0 Å². The van der Waals surface area contributed by atoms with Gasteiger partial charge in [-0.05, 0) is 25.8 Å². The summed E-state index contributed by atoms with van der Waals surface area (Å²) in [5, 5.41) is 22.4. The van der Waals surface area contributed by atoms with E-state index in [-0.39, 0.29) is 23.8 Å². The number of aromatic hydroxyl groups is 1. The maximum Gasteiger partial charge on any atom is 0.256 e. The second-order valence-corrected chi connectivity index (χ2v) is 5.99. The predicted molar refractivity (Wildman–Crippen MR) is 90.8 cm³/mol. The lowest BCUT2D eigenvalue weighted by Gasteiger charge is -2.19. The van der Waals surface area contributed by atoms with E-state index in [9.17, 15) is 14.7 Å². The van der Waals surface area contributed by atoms with Gasteiger partial charge >= 0.3 is 0 Å². The molecule has 2 aromatic rings. The van der Waals surface area contributed by atoms with Gasteiger partial charge in [-0.3, -0.25) is 9.59 Å². The SMILES string of the molecule is Cc1nc2ccccc2c(C(=O)NCC(=O)N2CCCC2C#N)c1O. The normalized spacial score (nSPS) is 16.6.